The van der Waals surface area contributed by atoms with Crippen molar-refractivity contribution < 1.29 is 9.66 Å². The maximum Gasteiger partial charge on any atom is 0.269 e. The Bertz CT molecular complexity index is 481. The summed E-state index contributed by atoms with van der Waals surface area (Å²) in [4.78, 5) is 12.8. The molecule has 0 aliphatic carbocycles. The molecule has 22 heavy (non-hydrogen) atoms. The summed E-state index contributed by atoms with van der Waals surface area (Å²) in [5.41, 5.74) is 0.940. The fraction of sp³-hybridized carbons (Fsp3) is 0.647. The number of nitro benzene ring substituents is 1. The molecule has 0 bridgehead atoms. The van der Waals surface area contributed by atoms with E-state index < -0.39 is 0 Å². The third-order valence-electron chi connectivity index (χ3n) is 3.87. The summed E-state index contributed by atoms with van der Waals surface area (Å²) in [6.07, 6.45) is 2.23. The van der Waals surface area contributed by atoms with Gasteiger partial charge in [0, 0.05) is 31.3 Å². The SMILES string of the molecule is CC.Cc1cc([N+](=O)[O-])ccc1OC1CCN(C(C)C)CC1. The maximum absolute atomic E-state index is 10.7. The normalized spacial score (nSPS) is 16.1. The number of nitro groups is 1. The van der Waals surface area contributed by atoms with Gasteiger partial charge in [-0.15, -0.1) is 0 Å². The van der Waals surface area contributed by atoms with Crippen molar-refractivity contribution in [2.24, 2.45) is 0 Å². The van der Waals surface area contributed by atoms with Crippen molar-refractivity contribution in [3.05, 3.63) is 33.9 Å². The minimum atomic E-state index is -0.377. The van der Waals surface area contributed by atoms with Crippen molar-refractivity contribution in [3.63, 3.8) is 0 Å². The van der Waals surface area contributed by atoms with Crippen LogP contribution in [0.25, 0.3) is 0 Å². The number of likely N-dealkylation sites (tertiary alicyclic amines) is 1. The molecule has 1 aliphatic heterocycles. The summed E-state index contributed by atoms with van der Waals surface area (Å²) >= 11 is 0. The van der Waals surface area contributed by atoms with Gasteiger partial charge in [0.15, 0.2) is 0 Å². The number of rotatable bonds is 4. The van der Waals surface area contributed by atoms with Crippen LogP contribution in [0.3, 0.4) is 0 Å². The Morgan fingerprint density at radius 3 is 2.32 bits per heavy atom. The van der Waals surface area contributed by atoms with Crippen LogP contribution in [0.15, 0.2) is 18.2 Å². The molecule has 124 valence electrons. The van der Waals surface area contributed by atoms with E-state index in [1.807, 2.05) is 20.8 Å². The average Bonchev–Trinajstić information content (AvgIpc) is 2.51. The Morgan fingerprint density at radius 1 is 1.27 bits per heavy atom. The fourth-order valence-corrected chi connectivity index (χ4v) is 2.57. The fourth-order valence-electron chi connectivity index (χ4n) is 2.57. The van der Waals surface area contributed by atoms with Crippen LogP contribution in [0.5, 0.6) is 5.75 Å². The molecule has 5 heteroatoms. The highest BCUT2D eigenvalue weighted by Crippen LogP contribution is 2.26. The molecular weight excluding hydrogens is 280 g/mol. The highest BCUT2D eigenvalue weighted by Gasteiger charge is 2.22. The highest BCUT2D eigenvalue weighted by atomic mass is 16.6. The summed E-state index contributed by atoms with van der Waals surface area (Å²) in [5, 5.41) is 10.7. The third-order valence-corrected chi connectivity index (χ3v) is 3.87. The van der Waals surface area contributed by atoms with Crippen molar-refractivity contribution in [2.45, 2.75) is 59.6 Å². The predicted molar refractivity (Wildman–Crippen MR) is 89.5 cm³/mol. The van der Waals surface area contributed by atoms with Gasteiger partial charge in [-0.2, -0.15) is 0 Å². The average molecular weight is 308 g/mol. The first-order chi connectivity index (χ1) is 10.5. The van der Waals surface area contributed by atoms with Crippen LogP contribution >= 0.6 is 0 Å². The molecule has 0 spiro atoms. The van der Waals surface area contributed by atoms with E-state index in [1.165, 1.54) is 6.07 Å². The zero-order chi connectivity index (χ0) is 16.7. The van der Waals surface area contributed by atoms with Crippen LogP contribution in [0.1, 0.15) is 46.1 Å². The molecular formula is C17H28N2O3. The molecule has 1 fully saturated rings. The van der Waals surface area contributed by atoms with Crippen molar-refractivity contribution in [2.75, 3.05) is 13.1 Å². The van der Waals surface area contributed by atoms with Crippen LogP contribution in [0, 0.1) is 17.0 Å². The van der Waals surface area contributed by atoms with Crippen LogP contribution < -0.4 is 4.74 Å². The molecule has 2 rings (SSSR count). The van der Waals surface area contributed by atoms with Gasteiger partial charge < -0.3 is 9.64 Å². The molecule has 0 unspecified atom stereocenters. The number of piperidine rings is 1. The third kappa shape index (κ3) is 4.98. The smallest absolute Gasteiger partial charge is 0.269 e. The summed E-state index contributed by atoms with van der Waals surface area (Å²) in [6, 6.07) is 5.36. The first kappa shape index (κ1) is 18.4. The molecule has 1 saturated heterocycles. The molecule has 0 aromatic heterocycles. The number of benzene rings is 1. The zero-order valence-corrected chi connectivity index (χ0v) is 14.3. The maximum atomic E-state index is 10.7. The minimum absolute atomic E-state index is 0.115. The molecule has 1 aromatic carbocycles. The van der Waals surface area contributed by atoms with Crippen LogP contribution in [-0.4, -0.2) is 35.1 Å². The lowest BCUT2D eigenvalue weighted by molar-refractivity contribution is -0.384. The van der Waals surface area contributed by atoms with E-state index in [9.17, 15) is 10.1 Å². The predicted octanol–water partition coefficient (Wildman–Crippen LogP) is 4.18. The summed E-state index contributed by atoms with van der Waals surface area (Å²) in [6.45, 7) is 12.4. The van der Waals surface area contributed by atoms with Crippen molar-refractivity contribution in [1.29, 1.82) is 0 Å². The van der Waals surface area contributed by atoms with E-state index >= 15 is 0 Å². The van der Waals surface area contributed by atoms with Crippen molar-refractivity contribution in [1.82, 2.24) is 4.90 Å². The highest BCUT2D eigenvalue weighted by molar-refractivity contribution is 5.43. The van der Waals surface area contributed by atoms with Crippen LogP contribution in [-0.2, 0) is 0 Å². The van der Waals surface area contributed by atoms with Gasteiger partial charge in [-0.1, -0.05) is 13.8 Å². The minimum Gasteiger partial charge on any atom is -0.490 e. The van der Waals surface area contributed by atoms with Gasteiger partial charge in [0.1, 0.15) is 11.9 Å². The molecule has 0 atom stereocenters. The second-order valence-corrected chi connectivity index (χ2v) is 5.65. The molecule has 0 saturated carbocycles. The Kier molecular flexibility index (Phi) is 7.32. The zero-order valence-electron chi connectivity index (χ0n) is 14.3. The molecule has 5 nitrogen and oxygen atoms in total. The van der Waals surface area contributed by atoms with E-state index in [2.05, 4.69) is 18.7 Å². The van der Waals surface area contributed by atoms with Gasteiger partial charge in [0.2, 0.25) is 0 Å². The van der Waals surface area contributed by atoms with Gasteiger partial charge in [-0.05, 0) is 45.2 Å². The topological polar surface area (TPSA) is 55.6 Å². The number of hydrogen-bond acceptors (Lipinski definition) is 4. The van der Waals surface area contributed by atoms with E-state index in [0.717, 1.165) is 37.2 Å². The van der Waals surface area contributed by atoms with Gasteiger partial charge >= 0.3 is 0 Å². The van der Waals surface area contributed by atoms with E-state index in [0.29, 0.717) is 6.04 Å². The standard InChI is InChI=1S/C15H22N2O3.C2H6/c1-11(2)16-8-6-14(7-9-16)20-15-5-4-13(17(18)19)10-12(15)3;1-2/h4-5,10-11,14H,6-9H2,1-3H3;1-2H3. The number of aryl methyl sites for hydroxylation is 1. The quantitative estimate of drug-likeness (QED) is 0.618. The van der Waals surface area contributed by atoms with E-state index in [4.69, 9.17) is 4.74 Å². The van der Waals surface area contributed by atoms with Gasteiger partial charge in [0.25, 0.3) is 5.69 Å². The molecule has 1 heterocycles. The lowest BCUT2D eigenvalue weighted by Crippen LogP contribution is -2.41. The lowest BCUT2D eigenvalue weighted by Gasteiger charge is -2.34. The van der Waals surface area contributed by atoms with Gasteiger partial charge in [0.05, 0.1) is 4.92 Å². The number of ether oxygens (including phenoxy) is 1. The summed E-state index contributed by atoms with van der Waals surface area (Å²) in [5.74, 6) is 0.763. The molecule has 0 N–H and O–H groups in total. The van der Waals surface area contributed by atoms with E-state index in [1.54, 1.807) is 12.1 Å². The number of non-ortho nitro benzene ring substituents is 1. The number of nitrogens with zero attached hydrogens (tertiary/aromatic N) is 2. The first-order valence-electron chi connectivity index (χ1n) is 8.13. The number of hydrogen-bond donors (Lipinski definition) is 0. The second-order valence-electron chi connectivity index (χ2n) is 5.65. The largest absolute Gasteiger partial charge is 0.490 e. The monoisotopic (exact) mass is 308 g/mol. The van der Waals surface area contributed by atoms with Crippen molar-refractivity contribution in [3.8, 4) is 5.75 Å². The van der Waals surface area contributed by atoms with Crippen molar-refractivity contribution >= 4 is 5.69 Å². The Balaban J connectivity index is 0.00000116. The van der Waals surface area contributed by atoms with Gasteiger partial charge in [-0.3, -0.25) is 10.1 Å². The molecule has 0 radical (unpaired) electrons. The Labute approximate surface area is 133 Å². The Hall–Kier alpha value is -1.62. The summed E-state index contributed by atoms with van der Waals surface area (Å²) < 4.78 is 6.00. The Morgan fingerprint density at radius 2 is 1.86 bits per heavy atom. The molecule has 1 aliphatic rings. The molecule has 1 aromatic rings. The van der Waals surface area contributed by atoms with E-state index in [-0.39, 0.29) is 16.7 Å². The van der Waals surface area contributed by atoms with Crippen LogP contribution in [0.2, 0.25) is 0 Å². The lowest BCUT2D eigenvalue weighted by atomic mass is 10.1. The van der Waals surface area contributed by atoms with Crippen LogP contribution in [0.4, 0.5) is 5.69 Å². The van der Waals surface area contributed by atoms with Gasteiger partial charge in [-0.25, -0.2) is 0 Å². The first-order valence-corrected chi connectivity index (χ1v) is 8.13. The summed E-state index contributed by atoms with van der Waals surface area (Å²) in [7, 11) is 0. The second kappa shape index (κ2) is 8.73. The molecule has 0 amide bonds.